The van der Waals surface area contributed by atoms with Gasteiger partial charge in [0, 0.05) is 31.5 Å². The summed E-state index contributed by atoms with van der Waals surface area (Å²) in [5.41, 5.74) is 0.839. The molecule has 3 heterocycles. The van der Waals surface area contributed by atoms with E-state index in [0.29, 0.717) is 24.3 Å². The van der Waals surface area contributed by atoms with E-state index in [0.717, 1.165) is 51.9 Å². The minimum absolute atomic E-state index is 0.293. The Morgan fingerprint density at radius 1 is 1.48 bits per heavy atom. The number of piperidine rings is 2. The summed E-state index contributed by atoms with van der Waals surface area (Å²) in [5.74, 6) is 1.14. The Morgan fingerprint density at radius 3 is 2.88 bits per heavy atom. The third kappa shape index (κ3) is 4.07. The van der Waals surface area contributed by atoms with Gasteiger partial charge in [-0.05, 0) is 44.7 Å². The van der Waals surface area contributed by atoms with Crippen molar-refractivity contribution >= 4 is 17.2 Å². The number of aromatic nitrogens is 1. The van der Waals surface area contributed by atoms with E-state index >= 15 is 0 Å². The summed E-state index contributed by atoms with van der Waals surface area (Å²) in [6.45, 7) is 8.37. The molecule has 1 atom stereocenters. The van der Waals surface area contributed by atoms with Crippen LogP contribution in [0.25, 0.3) is 0 Å². The maximum absolute atomic E-state index is 13.4. The minimum atomic E-state index is -0.339. The van der Waals surface area contributed by atoms with Crippen LogP contribution in [-0.4, -0.2) is 55.7 Å². The summed E-state index contributed by atoms with van der Waals surface area (Å²) in [7, 11) is 1.71. The summed E-state index contributed by atoms with van der Waals surface area (Å²) >= 11 is 1.76. The second-order valence-electron chi connectivity index (χ2n) is 7.82. The molecule has 0 aromatic carbocycles. The average Bonchev–Trinajstić information content (AvgIpc) is 3.13. The number of nitrogens with one attached hydrogen (secondary N) is 1. The Balaban J connectivity index is 1.72. The Kier molecular flexibility index (Phi) is 6.12. The van der Waals surface area contributed by atoms with E-state index in [9.17, 15) is 4.79 Å². The van der Waals surface area contributed by atoms with Crippen LogP contribution in [0.4, 0.5) is 0 Å². The Labute approximate surface area is 155 Å². The van der Waals surface area contributed by atoms with Gasteiger partial charge >= 0.3 is 0 Å². The Morgan fingerprint density at radius 2 is 2.24 bits per heavy atom. The highest BCUT2D eigenvalue weighted by Crippen LogP contribution is 2.36. The number of carbonyl (C=O) groups excluding carboxylic acids is 1. The lowest BCUT2D eigenvalue weighted by Gasteiger charge is -2.42. The zero-order chi connectivity index (χ0) is 17.9. The van der Waals surface area contributed by atoms with Gasteiger partial charge in [0.1, 0.15) is 0 Å². The Bertz CT molecular complexity index is 575. The third-order valence-electron chi connectivity index (χ3n) is 5.62. The van der Waals surface area contributed by atoms with Crippen molar-refractivity contribution in [3.05, 3.63) is 16.1 Å². The standard InChI is InChI=1S/C19H31N3O2S/c1-14(2)16-12-25-17(21-16)15-5-4-10-22(11-15)18(23)19(13-24-3)6-8-20-9-7-19/h12,14-15,20H,4-11,13H2,1-3H3. The van der Waals surface area contributed by atoms with Gasteiger partial charge in [-0.3, -0.25) is 4.79 Å². The molecule has 2 aliphatic rings. The van der Waals surface area contributed by atoms with Crippen LogP contribution in [0.2, 0.25) is 0 Å². The zero-order valence-corrected chi connectivity index (χ0v) is 16.5. The SMILES string of the molecule is COCC1(C(=O)N2CCCC(c3nc(C(C)C)cs3)C2)CCNCC1. The molecule has 0 spiro atoms. The molecule has 0 radical (unpaired) electrons. The molecule has 2 fully saturated rings. The molecule has 6 heteroatoms. The average molecular weight is 366 g/mol. The van der Waals surface area contributed by atoms with E-state index in [1.165, 1.54) is 10.7 Å². The number of nitrogens with zero attached hydrogens (tertiary/aromatic N) is 2. The lowest BCUT2D eigenvalue weighted by atomic mass is 9.77. The summed E-state index contributed by atoms with van der Waals surface area (Å²) < 4.78 is 5.45. The highest BCUT2D eigenvalue weighted by molar-refractivity contribution is 7.09. The molecule has 2 aliphatic heterocycles. The summed E-state index contributed by atoms with van der Waals surface area (Å²) in [6, 6.07) is 0. The van der Waals surface area contributed by atoms with Gasteiger partial charge in [0.15, 0.2) is 0 Å². The van der Waals surface area contributed by atoms with Crippen molar-refractivity contribution in [2.24, 2.45) is 5.41 Å². The first-order valence-corrected chi connectivity index (χ1v) is 10.4. The smallest absolute Gasteiger partial charge is 0.231 e. The van der Waals surface area contributed by atoms with Crippen molar-refractivity contribution in [2.75, 3.05) is 39.9 Å². The van der Waals surface area contributed by atoms with Crippen LogP contribution in [0.5, 0.6) is 0 Å². The van der Waals surface area contributed by atoms with Crippen molar-refractivity contribution in [3.8, 4) is 0 Å². The van der Waals surface area contributed by atoms with Gasteiger partial charge in [-0.25, -0.2) is 4.98 Å². The molecule has 1 N–H and O–H groups in total. The molecule has 140 valence electrons. The molecule has 1 unspecified atom stereocenters. The normalized spacial score (nSPS) is 23.8. The third-order valence-corrected chi connectivity index (χ3v) is 6.65. The highest BCUT2D eigenvalue weighted by atomic mass is 32.1. The van der Waals surface area contributed by atoms with Crippen LogP contribution >= 0.6 is 11.3 Å². The van der Waals surface area contributed by atoms with Gasteiger partial charge in [0.2, 0.25) is 5.91 Å². The largest absolute Gasteiger partial charge is 0.384 e. The van der Waals surface area contributed by atoms with Crippen molar-refractivity contribution < 1.29 is 9.53 Å². The maximum Gasteiger partial charge on any atom is 0.231 e. The summed E-state index contributed by atoms with van der Waals surface area (Å²) in [6.07, 6.45) is 3.94. The number of likely N-dealkylation sites (tertiary alicyclic amines) is 1. The topological polar surface area (TPSA) is 54.5 Å². The molecule has 0 aliphatic carbocycles. The quantitative estimate of drug-likeness (QED) is 0.871. The van der Waals surface area contributed by atoms with Gasteiger partial charge in [0.05, 0.1) is 22.7 Å². The Hall–Kier alpha value is -0.980. The summed E-state index contributed by atoms with van der Waals surface area (Å²) in [4.78, 5) is 20.3. The molecular formula is C19H31N3O2S. The molecule has 1 amide bonds. The molecule has 3 rings (SSSR count). The van der Waals surface area contributed by atoms with Crippen LogP contribution < -0.4 is 5.32 Å². The fraction of sp³-hybridized carbons (Fsp3) is 0.789. The second-order valence-corrected chi connectivity index (χ2v) is 8.71. The van der Waals surface area contributed by atoms with E-state index in [1.54, 1.807) is 18.4 Å². The molecule has 2 saturated heterocycles. The predicted molar refractivity (Wildman–Crippen MR) is 101 cm³/mol. The first-order chi connectivity index (χ1) is 12.1. The lowest BCUT2D eigenvalue weighted by Crippen LogP contribution is -2.53. The fourth-order valence-corrected chi connectivity index (χ4v) is 5.16. The van der Waals surface area contributed by atoms with Crippen molar-refractivity contribution in [2.45, 2.75) is 51.4 Å². The minimum Gasteiger partial charge on any atom is -0.384 e. The van der Waals surface area contributed by atoms with Gasteiger partial charge in [-0.15, -0.1) is 11.3 Å². The second kappa shape index (κ2) is 8.14. The van der Waals surface area contributed by atoms with Crippen LogP contribution in [0.15, 0.2) is 5.38 Å². The van der Waals surface area contributed by atoms with Gasteiger partial charge in [-0.1, -0.05) is 13.8 Å². The van der Waals surface area contributed by atoms with Gasteiger partial charge in [0.25, 0.3) is 0 Å². The van der Waals surface area contributed by atoms with Crippen LogP contribution in [-0.2, 0) is 9.53 Å². The monoisotopic (exact) mass is 365 g/mol. The van der Waals surface area contributed by atoms with Crippen LogP contribution in [0.3, 0.4) is 0 Å². The first-order valence-electron chi connectivity index (χ1n) is 9.50. The maximum atomic E-state index is 13.4. The molecule has 0 saturated carbocycles. The van der Waals surface area contributed by atoms with Crippen molar-refractivity contribution in [1.82, 2.24) is 15.2 Å². The lowest BCUT2D eigenvalue weighted by molar-refractivity contribution is -0.148. The van der Waals surface area contributed by atoms with Crippen LogP contribution in [0, 0.1) is 5.41 Å². The fourth-order valence-electron chi connectivity index (χ4n) is 4.05. The number of amides is 1. The van der Waals surface area contributed by atoms with E-state index in [1.807, 2.05) is 0 Å². The number of hydrogen-bond donors (Lipinski definition) is 1. The van der Waals surface area contributed by atoms with Crippen molar-refractivity contribution in [1.29, 1.82) is 0 Å². The number of ether oxygens (including phenoxy) is 1. The van der Waals surface area contributed by atoms with Crippen molar-refractivity contribution in [3.63, 3.8) is 0 Å². The molecular weight excluding hydrogens is 334 g/mol. The van der Waals surface area contributed by atoms with E-state index in [2.05, 4.69) is 29.4 Å². The van der Waals surface area contributed by atoms with Crippen LogP contribution in [0.1, 0.15) is 62.1 Å². The molecule has 1 aromatic rings. The number of thiazole rings is 1. The first kappa shape index (κ1) is 18.8. The predicted octanol–water partition coefficient (Wildman–Crippen LogP) is 2.99. The number of rotatable bonds is 5. The van der Waals surface area contributed by atoms with Gasteiger partial charge in [-0.2, -0.15) is 0 Å². The van der Waals surface area contributed by atoms with E-state index in [-0.39, 0.29) is 5.41 Å². The molecule has 1 aromatic heterocycles. The molecule has 25 heavy (non-hydrogen) atoms. The highest BCUT2D eigenvalue weighted by Gasteiger charge is 2.43. The number of hydrogen-bond acceptors (Lipinski definition) is 5. The van der Waals surface area contributed by atoms with E-state index in [4.69, 9.17) is 9.72 Å². The summed E-state index contributed by atoms with van der Waals surface area (Å²) in [5, 5.41) is 6.75. The number of carbonyl (C=O) groups is 1. The molecule has 5 nitrogen and oxygen atoms in total. The zero-order valence-electron chi connectivity index (χ0n) is 15.7. The van der Waals surface area contributed by atoms with E-state index < -0.39 is 0 Å². The van der Waals surface area contributed by atoms with Gasteiger partial charge < -0.3 is 15.0 Å². The number of methoxy groups -OCH3 is 1. The molecule has 0 bridgehead atoms.